The Morgan fingerprint density at radius 2 is 1.15 bits per heavy atom. The van der Waals surface area contributed by atoms with Gasteiger partial charge in [-0.25, -0.2) is 0 Å². The Morgan fingerprint density at radius 1 is 0.702 bits per heavy atom. The summed E-state index contributed by atoms with van der Waals surface area (Å²) < 4.78 is 25.2. The number of hydrogen-bond acceptors (Lipinski definition) is 8. The van der Waals surface area contributed by atoms with Crippen molar-refractivity contribution in [3.8, 4) is 0 Å². The van der Waals surface area contributed by atoms with E-state index in [0.717, 1.165) is 32.1 Å². The van der Waals surface area contributed by atoms with Crippen LogP contribution in [0.25, 0.3) is 0 Å². The average Bonchev–Trinajstić information content (AvgIpc) is 3.35. The highest BCUT2D eigenvalue weighted by Crippen LogP contribution is 2.47. The van der Waals surface area contributed by atoms with Crippen LogP contribution in [0.1, 0.15) is 66.2 Å². The fourth-order valence-corrected chi connectivity index (χ4v) is 8.36. The summed E-state index contributed by atoms with van der Waals surface area (Å²) in [5.41, 5.74) is 4.20. The highest BCUT2D eigenvalue weighted by atomic mass is 28.3. The molecule has 4 N–H and O–H groups in total. The molecule has 4 fully saturated rings. The van der Waals surface area contributed by atoms with Gasteiger partial charge in [-0.1, -0.05) is 103 Å². The molecule has 4 rings (SSSR count). The van der Waals surface area contributed by atoms with Crippen molar-refractivity contribution in [2.24, 2.45) is 11.8 Å². The highest BCUT2D eigenvalue weighted by molar-refractivity contribution is 6.81. The van der Waals surface area contributed by atoms with E-state index in [4.69, 9.17) is 18.9 Å². The van der Waals surface area contributed by atoms with Gasteiger partial charge in [0.1, 0.15) is 36.6 Å². The van der Waals surface area contributed by atoms with Crippen molar-refractivity contribution < 1.29 is 39.4 Å². The molecule has 3 saturated heterocycles. The molecule has 0 amide bonds. The molecule has 272 valence electrons. The summed E-state index contributed by atoms with van der Waals surface area (Å²) in [4.78, 5) is 0. The molecule has 1 spiro atoms. The lowest BCUT2D eigenvalue weighted by molar-refractivity contribution is -0.214. The molecule has 1 saturated carbocycles. The van der Waals surface area contributed by atoms with Crippen molar-refractivity contribution in [1.29, 1.82) is 0 Å². The van der Waals surface area contributed by atoms with Crippen LogP contribution in [-0.2, 0) is 18.9 Å². The van der Waals surface area contributed by atoms with Crippen LogP contribution >= 0.6 is 0 Å². The van der Waals surface area contributed by atoms with Gasteiger partial charge >= 0.3 is 0 Å². The predicted octanol–water partition coefficient (Wildman–Crippen LogP) is 6.32. The Kier molecular flexibility index (Phi) is 16.0. The van der Waals surface area contributed by atoms with Crippen LogP contribution in [0.4, 0.5) is 0 Å². The fourth-order valence-electron chi connectivity index (χ4n) is 6.81. The van der Waals surface area contributed by atoms with E-state index in [1.807, 2.05) is 24.8 Å². The molecule has 2 unspecified atom stereocenters. The van der Waals surface area contributed by atoms with Crippen LogP contribution in [0, 0.1) is 11.8 Å². The summed E-state index contributed by atoms with van der Waals surface area (Å²) in [6, 6.07) is 0. The van der Waals surface area contributed by atoms with Crippen LogP contribution < -0.4 is 0 Å². The largest absolute Gasteiger partial charge is 0.390 e. The molecule has 10 heteroatoms. The van der Waals surface area contributed by atoms with Gasteiger partial charge in [-0.15, -0.1) is 13.2 Å². The van der Waals surface area contributed by atoms with Gasteiger partial charge in [0.25, 0.3) is 0 Å². The van der Waals surface area contributed by atoms with E-state index in [1.54, 1.807) is 12.2 Å². The first-order valence-electron chi connectivity index (χ1n) is 17.4. The molecule has 0 bridgehead atoms. The van der Waals surface area contributed by atoms with Crippen molar-refractivity contribution in [3.05, 3.63) is 48.9 Å². The minimum absolute atomic E-state index is 0. The van der Waals surface area contributed by atoms with Gasteiger partial charge in [-0.3, -0.25) is 0 Å². The summed E-state index contributed by atoms with van der Waals surface area (Å²) in [6.07, 6.45) is 8.86. The predicted molar refractivity (Wildman–Crippen MR) is 197 cm³/mol. The molecule has 8 nitrogen and oxygen atoms in total. The van der Waals surface area contributed by atoms with Crippen LogP contribution in [0.3, 0.4) is 0 Å². The normalized spacial score (nSPS) is 37.0. The molecule has 3 heterocycles. The molecule has 1 aliphatic carbocycles. The van der Waals surface area contributed by atoms with Gasteiger partial charge in [0.2, 0.25) is 0 Å². The average molecular weight is 697 g/mol. The first kappa shape index (κ1) is 42.2. The van der Waals surface area contributed by atoms with E-state index < -0.39 is 52.5 Å². The zero-order valence-electron chi connectivity index (χ0n) is 29.7. The zero-order valence-corrected chi connectivity index (χ0v) is 31.7. The lowest BCUT2D eigenvalue weighted by Gasteiger charge is -2.42. The molecule has 47 heavy (non-hydrogen) atoms. The molecule has 3 aliphatic heterocycles. The maximum Gasteiger partial charge on any atom is 0.169 e. The molecule has 0 aromatic heterocycles. The van der Waals surface area contributed by atoms with Crippen LogP contribution in [0.2, 0.25) is 39.3 Å². The second-order valence-corrected chi connectivity index (χ2v) is 26.2. The Morgan fingerprint density at radius 3 is 1.64 bits per heavy atom. The first-order chi connectivity index (χ1) is 21.4. The van der Waals surface area contributed by atoms with E-state index in [9.17, 15) is 20.4 Å². The Labute approximate surface area is 288 Å². The summed E-state index contributed by atoms with van der Waals surface area (Å²) in [5.74, 6) is -0.425. The van der Waals surface area contributed by atoms with Crippen molar-refractivity contribution in [2.45, 2.75) is 172 Å². The van der Waals surface area contributed by atoms with Crippen LogP contribution in [-0.4, -0.2) is 103 Å². The van der Waals surface area contributed by atoms with E-state index >= 15 is 0 Å². The van der Waals surface area contributed by atoms with Crippen molar-refractivity contribution >= 4 is 16.1 Å². The van der Waals surface area contributed by atoms with Crippen LogP contribution in [0.5, 0.6) is 0 Å². The number of aliphatic hydroxyl groups is 4. The van der Waals surface area contributed by atoms with Gasteiger partial charge in [0, 0.05) is 24.7 Å². The van der Waals surface area contributed by atoms with Gasteiger partial charge in [0.05, 0.1) is 40.6 Å². The molecule has 0 aromatic rings. The lowest BCUT2D eigenvalue weighted by atomic mass is 9.85. The number of rotatable bonds is 10. The minimum Gasteiger partial charge on any atom is -0.390 e. The lowest BCUT2D eigenvalue weighted by Crippen LogP contribution is -2.57. The molecular weight excluding hydrogens is 629 g/mol. The van der Waals surface area contributed by atoms with Gasteiger partial charge in [0.15, 0.2) is 5.79 Å². The van der Waals surface area contributed by atoms with Crippen molar-refractivity contribution in [1.82, 2.24) is 0 Å². The Bertz CT molecular complexity index is 1030. The molecule has 4 aliphatic rings. The summed E-state index contributed by atoms with van der Waals surface area (Å²) in [6.45, 7) is 24.8. The molecule has 0 aromatic carbocycles. The van der Waals surface area contributed by atoms with E-state index in [2.05, 4.69) is 65.1 Å². The maximum absolute atomic E-state index is 10.9. The quantitative estimate of drug-likeness (QED) is 0.155. The van der Waals surface area contributed by atoms with Gasteiger partial charge in [-0.05, 0) is 25.7 Å². The number of ether oxygens (including phenoxy) is 4. The number of hydrogen-bond donors (Lipinski definition) is 4. The van der Waals surface area contributed by atoms with Crippen molar-refractivity contribution in [3.63, 3.8) is 0 Å². The fraction of sp³-hybridized carbons (Fsp3) is 0.784. The third-order valence-corrected chi connectivity index (χ3v) is 12.0. The zero-order chi connectivity index (χ0) is 34.4. The van der Waals surface area contributed by atoms with Gasteiger partial charge in [-0.2, -0.15) is 0 Å². The number of aliphatic hydroxyl groups excluding tert-OH is 4. The third-order valence-electron chi connectivity index (χ3n) is 9.60. The van der Waals surface area contributed by atoms with Crippen LogP contribution in [0.15, 0.2) is 48.9 Å². The summed E-state index contributed by atoms with van der Waals surface area (Å²) >= 11 is 0. The second kappa shape index (κ2) is 17.8. The topological polar surface area (TPSA) is 118 Å². The van der Waals surface area contributed by atoms with Gasteiger partial charge < -0.3 is 39.4 Å². The third kappa shape index (κ3) is 11.6. The SMILES string of the molecule is C.C=CC[C@@H]1O[C@@H]([C@@H](O)/C=C/[Si](C)(C)C)C(O)[C@@H](O)[C@H]1C.C=CC[C@@H]1O[C@@H]([C@@H](O)/C=C/[Si](C)(C)C)C2OC3(CCCCC3)O[C@H]2[C@H]1C. The molecular formula is C37H68O8Si2. The second-order valence-electron chi connectivity index (χ2n) is 16.1. The first-order valence-corrected chi connectivity index (χ1v) is 24.6. The highest BCUT2D eigenvalue weighted by Gasteiger charge is 2.57. The Balaban J connectivity index is 0.000000332. The standard InChI is InChI=1S/C21H36O4Si.C15H28O4Si.CH4/c1-6-10-17-15(2)18-20(25-21(24-18)12-8-7-9-13-21)19(23-17)16(22)11-14-26(3,4)5;1-6-7-12-10(2)13(17)14(18)15(19-12)11(16)8-9-20(3,4)5;/h6,11,14-20,22H,1,7-10,12-13H2,2-5H3;6,8-18H,1,7H2,2-5H3;1H4/b14-11+;9-8+;/t15-,16-,17-,18-,19-,20?;10-,11-,12-,13-,14?,15-;/m00./s1. The van der Waals surface area contributed by atoms with E-state index in [0.29, 0.717) is 6.42 Å². The van der Waals surface area contributed by atoms with E-state index in [-0.39, 0.29) is 49.8 Å². The van der Waals surface area contributed by atoms with Crippen molar-refractivity contribution in [2.75, 3.05) is 0 Å². The van der Waals surface area contributed by atoms with E-state index in [1.165, 1.54) is 6.42 Å². The molecule has 12 atom stereocenters. The summed E-state index contributed by atoms with van der Waals surface area (Å²) in [7, 11) is -2.81. The Hall–Kier alpha value is -0.926. The summed E-state index contributed by atoms with van der Waals surface area (Å²) in [5, 5.41) is 41.3. The number of fused-ring (bicyclic) bond motifs is 1. The monoisotopic (exact) mass is 696 g/mol. The smallest absolute Gasteiger partial charge is 0.169 e. The molecule has 0 radical (unpaired) electrons. The maximum atomic E-state index is 10.9. The minimum atomic E-state index is -1.42.